The first kappa shape index (κ1) is 11.3. The summed E-state index contributed by atoms with van der Waals surface area (Å²) in [6, 6.07) is 1.09. The van der Waals surface area contributed by atoms with E-state index in [1.807, 2.05) is 0 Å². The Bertz CT molecular complexity index is 465. The van der Waals surface area contributed by atoms with Gasteiger partial charge in [0.1, 0.15) is 4.90 Å². The maximum atomic E-state index is 10.8. The van der Waals surface area contributed by atoms with E-state index in [2.05, 4.69) is 0 Å². The van der Waals surface area contributed by atoms with E-state index in [4.69, 9.17) is 21.4 Å². The normalized spacial score (nSPS) is 13.1. The van der Waals surface area contributed by atoms with Gasteiger partial charge in [0.15, 0.2) is 4.21 Å². The molecule has 1 rings (SSSR count). The molecule has 9 heteroatoms. The van der Waals surface area contributed by atoms with Crippen molar-refractivity contribution < 1.29 is 16.8 Å². The van der Waals surface area contributed by atoms with E-state index in [0.717, 1.165) is 6.07 Å². The zero-order valence-corrected chi connectivity index (χ0v) is 9.73. The van der Waals surface area contributed by atoms with E-state index < -0.39 is 27.2 Å². The van der Waals surface area contributed by atoms with Gasteiger partial charge in [0.05, 0.1) is 0 Å². The third kappa shape index (κ3) is 2.57. The molecule has 0 aromatic carbocycles. The molecule has 1 aromatic rings. The van der Waals surface area contributed by atoms with Crippen LogP contribution in [0.1, 0.15) is 0 Å². The molecular formula is C4H2Cl2O4S3. The van der Waals surface area contributed by atoms with Crippen LogP contribution < -0.4 is 0 Å². The van der Waals surface area contributed by atoms with E-state index in [-0.39, 0.29) is 0 Å². The highest BCUT2D eigenvalue weighted by Gasteiger charge is 2.25. The molecule has 4 nitrogen and oxygen atoms in total. The van der Waals surface area contributed by atoms with Crippen molar-refractivity contribution in [1.29, 1.82) is 0 Å². The van der Waals surface area contributed by atoms with Crippen LogP contribution in [0.25, 0.3) is 0 Å². The number of halogens is 2. The Labute approximate surface area is 87.9 Å². The highest BCUT2D eigenvalue weighted by molar-refractivity contribution is 8.17. The van der Waals surface area contributed by atoms with Gasteiger partial charge in [0.25, 0.3) is 18.1 Å². The second kappa shape index (κ2) is 3.39. The molecular weight excluding hydrogens is 279 g/mol. The zero-order valence-electron chi connectivity index (χ0n) is 5.77. The van der Waals surface area contributed by atoms with Crippen molar-refractivity contribution in [3.63, 3.8) is 0 Å². The van der Waals surface area contributed by atoms with Crippen LogP contribution in [0.2, 0.25) is 0 Å². The van der Waals surface area contributed by atoms with Crippen molar-refractivity contribution >= 4 is 50.8 Å². The average Bonchev–Trinajstić information content (AvgIpc) is 2.27. The van der Waals surface area contributed by atoms with E-state index in [1.165, 1.54) is 5.38 Å². The minimum Gasteiger partial charge on any atom is -0.207 e. The summed E-state index contributed by atoms with van der Waals surface area (Å²) in [5.41, 5.74) is 0. The molecule has 0 atom stereocenters. The first-order valence-electron chi connectivity index (χ1n) is 2.70. The van der Waals surface area contributed by atoms with Crippen LogP contribution in [0.15, 0.2) is 20.6 Å². The lowest BCUT2D eigenvalue weighted by Gasteiger charge is -1.94. The summed E-state index contributed by atoms with van der Waals surface area (Å²) >= 11 is 0.700. The van der Waals surface area contributed by atoms with Crippen LogP contribution in [0.4, 0.5) is 0 Å². The van der Waals surface area contributed by atoms with Gasteiger partial charge < -0.3 is 0 Å². The molecule has 1 heterocycles. The van der Waals surface area contributed by atoms with Crippen molar-refractivity contribution in [2.45, 2.75) is 9.10 Å². The van der Waals surface area contributed by atoms with Crippen LogP contribution >= 0.6 is 32.7 Å². The summed E-state index contributed by atoms with van der Waals surface area (Å²) in [6.45, 7) is 0. The van der Waals surface area contributed by atoms with Gasteiger partial charge in [0, 0.05) is 21.4 Å². The van der Waals surface area contributed by atoms with Gasteiger partial charge in [-0.25, -0.2) is 16.8 Å². The summed E-state index contributed by atoms with van der Waals surface area (Å²) in [4.78, 5) is -0.478. The highest BCUT2D eigenvalue weighted by atomic mass is 35.7. The lowest BCUT2D eigenvalue weighted by molar-refractivity contribution is 0.600. The van der Waals surface area contributed by atoms with E-state index in [1.54, 1.807) is 0 Å². The molecule has 0 aliphatic carbocycles. The highest BCUT2D eigenvalue weighted by Crippen LogP contribution is 2.31. The SMILES string of the molecule is O=S(=O)(Cl)c1ccsc1S(=O)(=O)Cl. The molecule has 0 aliphatic rings. The van der Waals surface area contributed by atoms with E-state index in [0.29, 0.717) is 11.3 Å². The summed E-state index contributed by atoms with van der Waals surface area (Å²) in [6.07, 6.45) is 0. The van der Waals surface area contributed by atoms with Gasteiger partial charge in [0.2, 0.25) is 0 Å². The van der Waals surface area contributed by atoms with Crippen LogP contribution in [0.3, 0.4) is 0 Å². The van der Waals surface area contributed by atoms with Gasteiger partial charge in [-0.2, -0.15) is 0 Å². The van der Waals surface area contributed by atoms with Crippen LogP contribution in [-0.4, -0.2) is 16.8 Å². The molecule has 0 spiro atoms. The maximum Gasteiger partial charge on any atom is 0.272 e. The molecule has 1 aromatic heterocycles. The van der Waals surface area contributed by atoms with Crippen LogP contribution in [0, 0.1) is 0 Å². The van der Waals surface area contributed by atoms with Gasteiger partial charge in [-0.15, -0.1) is 11.3 Å². The molecule has 0 fully saturated rings. The first-order valence-corrected chi connectivity index (χ1v) is 8.19. The Kier molecular flexibility index (Phi) is 2.94. The van der Waals surface area contributed by atoms with Crippen molar-refractivity contribution in [2.75, 3.05) is 0 Å². The second-order valence-corrected chi connectivity index (χ2v) is 8.16. The molecule has 0 aliphatic heterocycles. The summed E-state index contributed by atoms with van der Waals surface area (Å²) in [7, 11) is 1.84. The lowest BCUT2D eigenvalue weighted by atomic mass is 10.7. The topological polar surface area (TPSA) is 68.3 Å². The Balaban J connectivity index is 3.54. The second-order valence-electron chi connectivity index (χ2n) is 1.95. The molecule has 0 bridgehead atoms. The molecule has 0 N–H and O–H groups in total. The van der Waals surface area contributed by atoms with Crippen molar-refractivity contribution in [3.05, 3.63) is 11.4 Å². The van der Waals surface area contributed by atoms with Crippen LogP contribution in [0.5, 0.6) is 0 Å². The molecule has 74 valence electrons. The predicted octanol–water partition coefficient (Wildman–Crippen LogP) is 1.60. The Morgan fingerprint density at radius 1 is 1.08 bits per heavy atom. The zero-order chi connectivity index (χ0) is 10.3. The Hall–Kier alpha value is 0.180. The lowest BCUT2D eigenvalue weighted by Crippen LogP contribution is -1.96. The largest absolute Gasteiger partial charge is 0.272 e. The first-order chi connectivity index (χ1) is 5.73. The van der Waals surface area contributed by atoms with Crippen molar-refractivity contribution in [2.24, 2.45) is 0 Å². The molecule has 0 unspecified atom stereocenters. The molecule has 13 heavy (non-hydrogen) atoms. The van der Waals surface area contributed by atoms with Gasteiger partial charge in [-0.1, -0.05) is 0 Å². The predicted molar refractivity (Wildman–Crippen MR) is 50.4 cm³/mol. The number of hydrogen-bond acceptors (Lipinski definition) is 5. The van der Waals surface area contributed by atoms with Crippen molar-refractivity contribution in [3.8, 4) is 0 Å². The quantitative estimate of drug-likeness (QED) is 0.772. The third-order valence-corrected chi connectivity index (χ3v) is 5.76. The summed E-state index contributed by atoms with van der Waals surface area (Å²) in [5, 5.41) is 1.28. The van der Waals surface area contributed by atoms with Crippen LogP contribution in [-0.2, 0) is 18.1 Å². The summed E-state index contributed by atoms with van der Waals surface area (Å²) in [5.74, 6) is 0. The van der Waals surface area contributed by atoms with Gasteiger partial charge >= 0.3 is 0 Å². The monoisotopic (exact) mass is 280 g/mol. The molecule has 0 saturated heterocycles. The Morgan fingerprint density at radius 2 is 1.62 bits per heavy atom. The maximum absolute atomic E-state index is 10.8. The molecule has 0 radical (unpaired) electrons. The number of hydrogen-bond donors (Lipinski definition) is 0. The minimum atomic E-state index is -4.05. The fraction of sp³-hybridized carbons (Fsp3) is 0. The standard InChI is InChI=1S/C4H2Cl2O4S3/c5-12(7,8)3-1-2-11-4(3)13(6,9)10/h1-2H. The minimum absolute atomic E-state index is 0.454. The number of rotatable bonds is 2. The molecule has 0 saturated carbocycles. The third-order valence-electron chi connectivity index (χ3n) is 1.08. The van der Waals surface area contributed by atoms with Gasteiger partial charge in [-0.3, -0.25) is 0 Å². The Morgan fingerprint density at radius 3 is 1.92 bits per heavy atom. The summed E-state index contributed by atoms with van der Waals surface area (Å²) < 4.78 is 42.8. The van der Waals surface area contributed by atoms with E-state index in [9.17, 15) is 16.8 Å². The average molecular weight is 281 g/mol. The number of thiophene rings is 1. The van der Waals surface area contributed by atoms with Gasteiger partial charge in [-0.05, 0) is 11.4 Å². The fourth-order valence-electron chi connectivity index (χ4n) is 0.642. The molecule has 0 amide bonds. The smallest absolute Gasteiger partial charge is 0.207 e. The van der Waals surface area contributed by atoms with Crippen molar-refractivity contribution in [1.82, 2.24) is 0 Å². The fourth-order valence-corrected chi connectivity index (χ4v) is 5.11. The van der Waals surface area contributed by atoms with E-state index >= 15 is 0 Å².